The van der Waals surface area contributed by atoms with Gasteiger partial charge in [-0.05, 0) is 38.8 Å². The third kappa shape index (κ3) is 3.72. The zero-order valence-corrected chi connectivity index (χ0v) is 10.4. The van der Waals surface area contributed by atoms with Crippen LogP contribution in [0.2, 0.25) is 0 Å². The van der Waals surface area contributed by atoms with Crippen molar-refractivity contribution >= 4 is 0 Å². The minimum absolute atomic E-state index is 0.287. The maximum atomic E-state index is 6.06. The van der Waals surface area contributed by atoms with Crippen molar-refractivity contribution < 1.29 is 4.74 Å². The Morgan fingerprint density at radius 2 is 1.75 bits per heavy atom. The largest absolute Gasteiger partial charge is 0.375 e. The van der Waals surface area contributed by atoms with Gasteiger partial charge in [-0.2, -0.15) is 0 Å². The van der Waals surface area contributed by atoms with E-state index in [0.717, 1.165) is 19.6 Å². The first kappa shape index (κ1) is 12.3. The van der Waals surface area contributed by atoms with Gasteiger partial charge in [0.1, 0.15) is 0 Å². The van der Waals surface area contributed by atoms with Crippen LogP contribution in [0.1, 0.15) is 44.9 Å². The standard InChI is InChI=1S/C13H26N2O/c14-12-6-2-3-7-13(12)16-11-10-15-8-4-1-5-9-15/h12-13H,1-11,14H2. The van der Waals surface area contributed by atoms with Crippen molar-refractivity contribution in [3.63, 3.8) is 0 Å². The molecule has 1 saturated carbocycles. The lowest BCUT2D eigenvalue weighted by atomic mass is 9.93. The van der Waals surface area contributed by atoms with Gasteiger partial charge in [0.05, 0.1) is 12.7 Å². The van der Waals surface area contributed by atoms with E-state index in [0.29, 0.717) is 6.10 Å². The Balaban J connectivity index is 1.59. The number of hydrogen-bond donors (Lipinski definition) is 1. The second kappa shape index (κ2) is 6.58. The zero-order valence-electron chi connectivity index (χ0n) is 10.4. The number of nitrogens with two attached hydrogens (primary N) is 1. The van der Waals surface area contributed by atoms with Crippen molar-refractivity contribution in [2.75, 3.05) is 26.2 Å². The molecule has 0 radical (unpaired) electrons. The highest BCUT2D eigenvalue weighted by molar-refractivity contribution is 4.78. The summed E-state index contributed by atoms with van der Waals surface area (Å²) in [5.74, 6) is 0. The second-order valence-electron chi connectivity index (χ2n) is 5.26. The van der Waals surface area contributed by atoms with Crippen LogP contribution in [-0.4, -0.2) is 43.3 Å². The van der Waals surface area contributed by atoms with Gasteiger partial charge in [0.2, 0.25) is 0 Å². The molecule has 0 amide bonds. The molecule has 3 heteroatoms. The number of rotatable bonds is 4. The van der Waals surface area contributed by atoms with E-state index < -0.39 is 0 Å². The van der Waals surface area contributed by atoms with E-state index in [1.54, 1.807) is 0 Å². The summed E-state index contributed by atoms with van der Waals surface area (Å²) in [6.45, 7) is 4.50. The molecule has 0 aromatic rings. The van der Waals surface area contributed by atoms with Gasteiger partial charge in [-0.15, -0.1) is 0 Å². The van der Waals surface area contributed by atoms with Crippen LogP contribution in [0.5, 0.6) is 0 Å². The Labute approximate surface area is 99.3 Å². The predicted molar refractivity (Wildman–Crippen MR) is 66.5 cm³/mol. The highest BCUT2D eigenvalue weighted by atomic mass is 16.5. The topological polar surface area (TPSA) is 38.5 Å². The summed E-state index contributed by atoms with van der Waals surface area (Å²) >= 11 is 0. The predicted octanol–water partition coefficient (Wildman–Crippen LogP) is 1.76. The van der Waals surface area contributed by atoms with Crippen LogP contribution in [0.4, 0.5) is 0 Å². The second-order valence-corrected chi connectivity index (χ2v) is 5.26. The normalized spacial score (nSPS) is 32.8. The number of hydrogen-bond acceptors (Lipinski definition) is 3. The van der Waals surface area contributed by atoms with Crippen LogP contribution in [-0.2, 0) is 4.74 Å². The van der Waals surface area contributed by atoms with Crippen LogP contribution in [0.3, 0.4) is 0 Å². The van der Waals surface area contributed by atoms with Gasteiger partial charge in [-0.25, -0.2) is 0 Å². The van der Waals surface area contributed by atoms with E-state index in [4.69, 9.17) is 10.5 Å². The molecular weight excluding hydrogens is 200 g/mol. The van der Waals surface area contributed by atoms with Crippen LogP contribution in [0.25, 0.3) is 0 Å². The molecule has 1 aliphatic carbocycles. The van der Waals surface area contributed by atoms with Crippen molar-refractivity contribution in [1.82, 2.24) is 4.90 Å². The Kier molecular flexibility index (Phi) is 5.07. The van der Waals surface area contributed by atoms with Crippen LogP contribution < -0.4 is 5.73 Å². The van der Waals surface area contributed by atoms with Crippen molar-refractivity contribution in [2.24, 2.45) is 5.73 Å². The third-order valence-electron chi connectivity index (χ3n) is 3.94. The quantitative estimate of drug-likeness (QED) is 0.794. The maximum Gasteiger partial charge on any atom is 0.0726 e. The molecule has 3 nitrogen and oxygen atoms in total. The lowest BCUT2D eigenvalue weighted by Gasteiger charge is -2.31. The molecule has 0 bridgehead atoms. The first-order valence-corrected chi connectivity index (χ1v) is 6.96. The van der Waals surface area contributed by atoms with Gasteiger partial charge in [-0.1, -0.05) is 19.3 Å². The SMILES string of the molecule is NC1CCCCC1OCCN1CCCCC1. The molecule has 2 atom stereocenters. The number of ether oxygens (including phenoxy) is 1. The molecule has 1 aliphatic heterocycles. The van der Waals surface area contributed by atoms with Gasteiger partial charge in [0, 0.05) is 12.6 Å². The lowest BCUT2D eigenvalue weighted by Crippen LogP contribution is -2.41. The van der Waals surface area contributed by atoms with E-state index in [9.17, 15) is 0 Å². The van der Waals surface area contributed by atoms with Crippen molar-refractivity contribution in [2.45, 2.75) is 57.1 Å². The number of nitrogens with zero attached hydrogens (tertiary/aromatic N) is 1. The van der Waals surface area contributed by atoms with Gasteiger partial charge in [0.25, 0.3) is 0 Å². The van der Waals surface area contributed by atoms with E-state index in [2.05, 4.69) is 4.90 Å². The van der Waals surface area contributed by atoms with Gasteiger partial charge < -0.3 is 15.4 Å². The molecule has 1 saturated heterocycles. The number of likely N-dealkylation sites (tertiary alicyclic amines) is 1. The van der Waals surface area contributed by atoms with Crippen LogP contribution >= 0.6 is 0 Å². The molecule has 2 aliphatic rings. The summed E-state index contributed by atoms with van der Waals surface area (Å²) in [7, 11) is 0. The number of piperidine rings is 1. The van der Waals surface area contributed by atoms with Gasteiger partial charge in [-0.3, -0.25) is 0 Å². The fourth-order valence-electron chi connectivity index (χ4n) is 2.85. The van der Waals surface area contributed by atoms with Crippen LogP contribution in [0.15, 0.2) is 0 Å². The van der Waals surface area contributed by atoms with Crippen LogP contribution in [0, 0.1) is 0 Å². The fraction of sp³-hybridized carbons (Fsp3) is 1.00. The lowest BCUT2D eigenvalue weighted by molar-refractivity contribution is 0.00259. The first-order chi connectivity index (χ1) is 7.86. The molecular formula is C13H26N2O. The molecule has 0 aromatic carbocycles. The summed E-state index contributed by atoms with van der Waals surface area (Å²) in [4.78, 5) is 2.53. The van der Waals surface area contributed by atoms with E-state index in [1.165, 1.54) is 51.6 Å². The molecule has 0 aromatic heterocycles. The highest BCUT2D eigenvalue weighted by Gasteiger charge is 2.22. The summed E-state index contributed by atoms with van der Waals surface area (Å²) in [6.07, 6.45) is 9.36. The monoisotopic (exact) mass is 226 g/mol. The Morgan fingerprint density at radius 1 is 1.00 bits per heavy atom. The van der Waals surface area contributed by atoms with Gasteiger partial charge in [0.15, 0.2) is 0 Å². The minimum Gasteiger partial charge on any atom is -0.375 e. The van der Waals surface area contributed by atoms with E-state index in [-0.39, 0.29) is 6.04 Å². The molecule has 2 rings (SSSR count). The third-order valence-corrected chi connectivity index (χ3v) is 3.94. The average Bonchev–Trinajstić information content (AvgIpc) is 2.33. The average molecular weight is 226 g/mol. The minimum atomic E-state index is 0.287. The van der Waals surface area contributed by atoms with E-state index >= 15 is 0 Å². The molecule has 2 N–H and O–H groups in total. The summed E-state index contributed by atoms with van der Waals surface area (Å²) in [5, 5.41) is 0. The Hall–Kier alpha value is -0.120. The molecule has 2 unspecified atom stereocenters. The van der Waals surface area contributed by atoms with Crippen molar-refractivity contribution in [1.29, 1.82) is 0 Å². The Morgan fingerprint density at radius 3 is 2.50 bits per heavy atom. The molecule has 94 valence electrons. The zero-order chi connectivity index (χ0) is 11.2. The van der Waals surface area contributed by atoms with Crippen molar-refractivity contribution in [3.05, 3.63) is 0 Å². The first-order valence-electron chi connectivity index (χ1n) is 6.96. The molecule has 16 heavy (non-hydrogen) atoms. The summed E-state index contributed by atoms with van der Waals surface area (Å²) in [6, 6.07) is 0.287. The fourth-order valence-corrected chi connectivity index (χ4v) is 2.85. The summed E-state index contributed by atoms with van der Waals surface area (Å²) in [5.41, 5.74) is 6.06. The maximum absolute atomic E-state index is 6.06. The Bertz CT molecular complexity index is 192. The molecule has 1 heterocycles. The highest BCUT2D eigenvalue weighted by Crippen LogP contribution is 2.19. The van der Waals surface area contributed by atoms with Gasteiger partial charge >= 0.3 is 0 Å². The smallest absolute Gasteiger partial charge is 0.0726 e. The molecule has 0 spiro atoms. The van der Waals surface area contributed by atoms with E-state index in [1.807, 2.05) is 0 Å². The summed E-state index contributed by atoms with van der Waals surface area (Å²) < 4.78 is 5.93. The van der Waals surface area contributed by atoms with Crippen molar-refractivity contribution in [3.8, 4) is 0 Å². The molecule has 2 fully saturated rings.